The van der Waals surface area contributed by atoms with Gasteiger partial charge in [0.25, 0.3) is 0 Å². The number of nitrogens with zero attached hydrogens (tertiary/aromatic N) is 1. The van der Waals surface area contributed by atoms with Crippen LogP contribution in [0.4, 0.5) is 0 Å². The summed E-state index contributed by atoms with van der Waals surface area (Å²) in [4.78, 5) is 4.34. The lowest BCUT2D eigenvalue weighted by molar-refractivity contribution is 0.352. The minimum absolute atomic E-state index is 0.171. The second-order valence-corrected chi connectivity index (χ2v) is 6.22. The Morgan fingerprint density at radius 2 is 2.25 bits per heavy atom. The highest BCUT2D eigenvalue weighted by Gasteiger charge is 2.20. The first-order valence-electron chi connectivity index (χ1n) is 6.44. The highest BCUT2D eigenvalue weighted by molar-refractivity contribution is 9.10. The summed E-state index contributed by atoms with van der Waals surface area (Å²) in [5, 5.41) is 0.736. The van der Waals surface area contributed by atoms with Crippen molar-refractivity contribution in [2.75, 3.05) is 6.61 Å². The first kappa shape index (κ1) is 13.9. The smallest absolute Gasteiger partial charge is 0.125 e. The normalized spacial score (nSPS) is 14.8. The van der Waals surface area contributed by atoms with Crippen LogP contribution in [-0.4, -0.2) is 11.6 Å². The van der Waals surface area contributed by atoms with Crippen molar-refractivity contribution in [3.8, 4) is 5.75 Å². The minimum atomic E-state index is -0.171. The first-order valence-corrected chi connectivity index (χ1v) is 7.61. The third-order valence-corrected chi connectivity index (χ3v) is 4.08. The summed E-state index contributed by atoms with van der Waals surface area (Å²) in [6, 6.07) is 7.61. The van der Waals surface area contributed by atoms with Gasteiger partial charge in [0, 0.05) is 22.1 Å². The average Bonchev–Trinajstić information content (AvgIpc) is 2.87. The van der Waals surface area contributed by atoms with E-state index in [9.17, 15) is 0 Å². The van der Waals surface area contributed by atoms with E-state index in [1.165, 1.54) is 5.56 Å². The number of rotatable bonds is 3. The van der Waals surface area contributed by atoms with Gasteiger partial charge in [-0.1, -0.05) is 11.6 Å². The van der Waals surface area contributed by atoms with Crippen molar-refractivity contribution in [2.45, 2.75) is 18.9 Å². The molecular weight excluding hydrogens is 340 g/mol. The van der Waals surface area contributed by atoms with E-state index in [-0.39, 0.29) is 6.04 Å². The molecule has 0 aliphatic carbocycles. The van der Waals surface area contributed by atoms with E-state index in [4.69, 9.17) is 22.1 Å². The van der Waals surface area contributed by atoms with E-state index in [2.05, 4.69) is 20.9 Å². The molecular formula is C15H14BrClN2O. The molecule has 1 atom stereocenters. The molecule has 0 saturated heterocycles. The van der Waals surface area contributed by atoms with E-state index in [0.29, 0.717) is 13.0 Å². The molecule has 2 heterocycles. The van der Waals surface area contributed by atoms with Crippen LogP contribution in [0.15, 0.2) is 34.9 Å². The predicted molar refractivity (Wildman–Crippen MR) is 83.2 cm³/mol. The van der Waals surface area contributed by atoms with Crippen molar-refractivity contribution in [2.24, 2.45) is 5.73 Å². The molecule has 1 aliphatic heterocycles. The monoisotopic (exact) mass is 352 g/mol. The van der Waals surface area contributed by atoms with Gasteiger partial charge >= 0.3 is 0 Å². The summed E-state index contributed by atoms with van der Waals surface area (Å²) >= 11 is 9.53. The minimum Gasteiger partial charge on any atom is -0.493 e. The number of nitrogens with two attached hydrogens (primary N) is 1. The highest BCUT2D eigenvalue weighted by Crippen LogP contribution is 2.34. The van der Waals surface area contributed by atoms with Gasteiger partial charge in [0.15, 0.2) is 0 Å². The number of pyridine rings is 1. The molecule has 3 nitrogen and oxygen atoms in total. The van der Waals surface area contributed by atoms with Gasteiger partial charge in [-0.2, -0.15) is 0 Å². The van der Waals surface area contributed by atoms with Crippen molar-refractivity contribution in [1.29, 1.82) is 0 Å². The van der Waals surface area contributed by atoms with Crippen molar-refractivity contribution in [3.05, 3.63) is 56.8 Å². The van der Waals surface area contributed by atoms with Crippen molar-refractivity contribution < 1.29 is 4.74 Å². The Morgan fingerprint density at radius 3 is 3.00 bits per heavy atom. The molecule has 3 rings (SSSR count). The summed E-state index contributed by atoms with van der Waals surface area (Å²) in [7, 11) is 0. The molecule has 104 valence electrons. The van der Waals surface area contributed by atoms with Gasteiger partial charge in [-0.05, 0) is 57.7 Å². The lowest BCUT2D eigenvalue weighted by Gasteiger charge is -2.14. The van der Waals surface area contributed by atoms with Crippen LogP contribution in [0, 0.1) is 0 Å². The van der Waals surface area contributed by atoms with Crippen molar-refractivity contribution >= 4 is 27.5 Å². The number of benzene rings is 1. The van der Waals surface area contributed by atoms with E-state index in [1.54, 1.807) is 6.20 Å². The molecule has 0 bridgehead atoms. The molecule has 0 amide bonds. The fraction of sp³-hybridized carbons (Fsp3) is 0.267. The highest BCUT2D eigenvalue weighted by atomic mass is 79.9. The molecule has 1 aliphatic rings. The molecule has 5 heteroatoms. The van der Waals surface area contributed by atoms with Crippen LogP contribution < -0.4 is 10.5 Å². The fourth-order valence-corrected chi connectivity index (χ4v) is 2.94. The van der Waals surface area contributed by atoms with E-state index < -0.39 is 0 Å². The quantitative estimate of drug-likeness (QED) is 0.916. The Bertz CT molecular complexity index is 631. The maximum Gasteiger partial charge on any atom is 0.125 e. The van der Waals surface area contributed by atoms with Gasteiger partial charge < -0.3 is 10.5 Å². The molecule has 1 unspecified atom stereocenters. The lowest BCUT2D eigenvalue weighted by atomic mass is 10.00. The van der Waals surface area contributed by atoms with Gasteiger partial charge in [-0.25, -0.2) is 0 Å². The number of halogens is 2. The molecule has 1 aromatic carbocycles. The SMILES string of the molecule is NC(Cc1cc(Cl)cc2c1OCC2)c1ccc(Br)cn1. The van der Waals surface area contributed by atoms with Crippen LogP contribution in [-0.2, 0) is 12.8 Å². The zero-order valence-electron chi connectivity index (χ0n) is 10.8. The zero-order chi connectivity index (χ0) is 14.1. The van der Waals surface area contributed by atoms with Gasteiger partial charge in [-0.15, -0.1) is 0 Å². The molecule has 2 aromatic rings. The van der Waals surface area contributed by atoms with E-state index >= 15 is 0 Å². The molecule has 0 fully saturated rings. The Labute approximate surface area is 131 Å². The predicted octanol–water partition coefficient (Wildman–Crippen LogP) is 3.67. The van der Waals surface area contributed by atoms with Crippen LogP contribution in [0.5, 0.6) is 5.75 Å². The van der Waals surface area contributed by atoms with Crippen molar-refractivity contribution in [3.63, 3.8) is 0 Å². The van der Waals surface area contributed by atoms with Crippen LogP contribution in [0.3, 0.4) is 0 Å². The maximum atomic E-state index is 6.24. The second kappa shape index (κ2) is 5.72. The summed E-state index contributed by atoms with van der Waals surface area (Å²) in [6.45, 7) is 0.717. The third kappa shape index (κ3) is 2.82. The number of hydrogen-bond acceptors (Lipinski definition) is 3. The number of hydrogen-bond donors (Lipinski definition) is 1. The molecule has 0 radical (unpaired) electrons. The molecule has 20 heavy (non-hydrogen) atoms. The van der Waals surface area contributed by atoms with Gasteiger partial charge in [0.1, 0.15) is 5.75 Å². The van der Waals surface area contributed by atoms with Crippen LogP contribution >= 0.6 is 27.5 Å². The average molecular weight is 354 g/mol. The third-order valence-electron chi connectivity index (χ3n) is 3.40. The lowest BCUT2D eigenvalue weighted by Crippen LogP contribution is -2.15. The topological polar surface area (TPSA) is 48.1 Å². The first-order chi connectivity index (χ1) is 9.63. The summed E-state index contributed by atoms with van der Waals surface area (Å²) in [5.74, 6) is 0.946. The number of ether oxygens (including phenoxy) is 1. The second-order valence-electron chi connectivity index (χ2n) is 4.86. The number of fused-ring (bicyclic) bond motifs is 1. The maximum absolute atomic E-state index is 6.24. The summed E-state index contributed by atoms with van der Waals surface area (Å²) < 4.78 is 6.64. The summed E-state index contributed by atoms with van der Waals surface area (Å²) in [5.41, 5.74) is 9.33. The van der Waals surface area contributed by atoms with Gasteiger partial charge in [-0.3, -0.25) is 4.98 Å². The zero-order valence-corrected chi connectivity index (χ0v) is 13.1. The Hall–Kier alpha value is -1.10. The Morgan fingerprint density at radius 1 is 1.40 bits per heavy atom. The van der Waals surface area contributed by atoms with E-state index in [0.717, 1.165) is 32.9 Å². The van der Waals surface area contributed by atoms with Crippen LogP contribution in [0.25, 0.3) is 0 Å². The summed E-state index contributed by atoms with van der Waals surface area (Å²) in [6.07, 6.45) is 3.33. The molecule has 0 saturated carbocycles. The Kier molecular flexibility index (Phi) is 3.96. The standard InChI is InChI=1S/C15H14BrClN2O/c16-11-1-2-14(19-8-11)13(18)7-10-6-12(17)5-9-3-4-20-15(9)10/h1-2,5-6,8,13H,3-4,7,18H2. The van der Waals surface area contributed by atoms with Gasteiger partial charge in [0.2, 0.25) is 0 Å². The van der Waals surface area contributed by atoms with Crippen molar-refractivity contribution in [1.82, 2.24) is 4.98 Å². The molecule has 1 aromatic heterocycles. The molecule has 0 spiro atoms. The fourth-order valence-electron chi connectivity index (χ4n) is 2.45. The van der Waals surface area contributed by atoms with Gasteiger partial charge in [0.05, 0.1) is 18.3 Å². The number of aromatic nitrogens is 1. The van der Waals surface area contributed by atoms with Crippen LogP contribution in [0.1, 0.15) is 22.9 Å². The molecule has 2 N–H and O–H groups in total. The van der Waals surface area contributed by atoms with E-state index in [1.807, 2.05) is 24.3 Å². The Balaban J connectivity index is 1.86. The van der Waals surface area contributed by atoms with Crippen LogP contribution in [0.2, 0.25) is 5.02 Å². The largest absolute Gasteiger partial charge is 0.493 e.